The smallest absolute Gasteiger partial charge is 0.127 e. The summed E-state index contributed by atoms with van der Waals surface area (Å²) in [6, 6.07) is 4.07. The predicted octanol–water partition coefficient (Wildman–Crippen LogP) is 4.79. The highest BCUT2D eigenvalue weighted by atomic mass is 16.5. The summed E-state index contributed by atoms with van der Waals surface area (Å²) in [5.41, 5.74) is 1.82. The second kappa shape index (κ2) is 6.59. The highest BCUT2D eigenvalue weighted by Gasteiger charge is 2.49. The average molecular weight is 332 g/mol. The second-order valence-electron chi connectivity index (χ2n) is 8.42. The molecule has 0 spiro atoms. The van der Waals surface area contributed by atoms with Crippen molar-refractivity contribution in [2.45, 2.75) is 83.8 Å². The molecule has 3 rings (SSSR count). The van der Waals surface area contributed by atoms with Crippen LogP contribution in [0.2, 0.25) is 0 Å². The van der Waals surface area contributed by atoms with Gasteiger partial charge in [0.2, 0.25) is 0 Å². The first-order valence-corrected chi connectivity index (χ1v) is 9.56. The molecule has 2 aliphatic rings. The fourth-order valence-electron chi connectivity index (χ4n) is 4.67. The quantitative estimate of drug-likeness (QED) is 0.780. The van der Waals surface area contributed by atoms with Gasteiger partial charge in [0.15, 0.2) is 0 Å². The number of phenolic OH excluding ortho intramolecular Hbond substituents is 1. The van der Waals surface area contributed by atoms with Crippen molar-refractivity contribution in [1.29, 1.82) is 0 Å². The van der Waals surface area contributed by atoms with Crippen LogP contribution in [-0.4, -0.2) is 21.9 Å². The molecule has 0 radical (unpaired) electrons. The van der Waals surface area contributed by atoms with E-state index in [2.05, 4.69) is 33.8 Å². The Hall–Kier alpha value is -1.22. The standard InChI is InChI=1S/C21H32O3/c1-5-6-7-8-14-10-18(23)20-15-9-13(2)17(22)12-16(15)21(3,4)24-19(20)11-14/h10-11,13,15-17,22-23H,5-9,12H2,1-4H3/t13?,15?,16-,17+/m1/s1. The van der Waals surface area contributed by atoms with Crippen LogP contribution in [0, 0.1) is 11.8 Å². The van der Waals surface area contributed by atoms with Crippen LogP contribution >= 0.6 is 0 Å². The summed E-state index contributed by atoms with van der Waals surface area (Å²) in [5.74, 6) is 2.01. The number of aromatic hydroxyl groups is 1. The van der Waals surface area contributed by atoms with E-state index in [1.807, 2.05) is 6.07 Å². The maximum Gasteiger partial charge on any atom is 0.127 e. The number of aliphatic hydroxyl groups excluding tert-OH is 1. The molecule has 3 nitrogen and oxygen atoms in total. The fraction of sp³-hybridized carbons (Fsp3) is 0.714. The van der Waals surface area contributed by atoms with Gasteiger partial charge in [-0.1, -0.05) is 26.7 Å². The molecule has 24 heavy (non-hydrogen) atoms. The van der Waals surface area contributed by atoms with Gasteiger partial charge in [0, 0.05) is 11.5 Å². The second-order valence-corrected chi connectivity index (χ2v) is 8.42. The van der Waals surface area contributed by atoms with Crippen molar-refractivity contribution >= 4 is 0 Å². The molecule has 0 saturated heterocycles. The molecule has 134 valence electrons. The van der Waals surface area contributed by atoms with E-state index in [4.69, 9.17) is 4.74 Å². The van der Waals surface area contributed by atoms with Crippen molar-refractivity contribution in [3.63, 3.8) is 0 Å². The van der Waals surface area contributed by atoms with Crippen molar-refractivity contribution in [1.82, 2.24) is 0 Å². The number of hydrogen-bond acceptors (Lipinski definition) is 3. The van der Waals surface area contributed by atoms with E-state index in [9.17, 15) is 10.2 Å². The first-order chi connectivity index (χ1) is 11.3. The zero-order valence-electron chi connectivity index (χ0n) is 15.5. The van der Waals surface area contributed by atoms with Crippen LogP contribution < -0.4 is 4.74 Å². The van der Waals surface area contributed by atoms with Crippen molar-refractivity contribution in [3.05, 3.63) is 23.3 Å². The third-order valence-corrected chi connectivity index (χ3v) is 6.15. The minimum atomic E-state index is -0.312. The molecule has 1 aliphatic heterocycles. The van der Waals surface area contributed by atoms with Crippen LogP contribution in [0.25, 0.3) is 0 Å². The highest BCUT2D eigenvalue weighted by molar-refractivity contribution is 5.52. The topological polar surface area (TPSA) is 49.7 Å². The molecule has 1 aromatic carbocycles. The molecular weight excluding hydrogens is 300 g/mol. The maximum atomic E-state index is 10.7. The van der Waals surface area contributed by atoms with E-state index in [1.54, 1.807) is 0 Å². The monoisotopic (exact) mass is 332 g/mol. The average Bonchev–Trinajstić information content (AvgIpc) is 2.49. The Morgan fingerprint density at radius 2 is 1.96 bits per heavy atom. The zero-order chi connectivity index (χ0) is 17.5. The minimum absolute atomic E-state index is 0.244. The predicted molar refractivity (Wildman–Crippen MR) is 96.7 cm³/mol. The Labute approximate surface area is 146 Å². The van der Waals surface area contributed by atoms with Crippen LogP contribution in [0.4, 0.5) is 0 Å². The summed E-state index contributed by atoms with van der Waals surface area (Å²) in [7, 11) is 0. The van der Waals surface area contributed by atoms with Gasteiger partial charge < -0.3 is 14.9 Å². The first-order valence-electron chi connectivity index (χ1n) is 9.56. The van der Waals surface area contributed by atoms with Gasteiger partial charge >= 0.3 is 0 Å². The summed E-state index contributed by atoms with van der Waals surface area (Å²) < 4.78 is 6.33. The van der Waals surface area contributed by atoms with E-state index in [0.29, 0.717) is 5.75 Å². The number of unbranched alkanes of at least 4 members (excludes halogenated alkanes) is 2. The molecule has 2 unspecified atom stereocenters. The molecule has 1 fully saturated rings. The van der Waals surface area contributed by atoms with Gasteiger partial charge in [0.1, 0.15) is 17.1 Å². The Bertz CT molecular complexity index is 593. The fourth-order valence-corrected chi connectivity index (χ4v) is 4.67. The minimum Gasteiger partial charge on any atom is -0.508 e. The molecule has 0 aromatic heterocycles. The van der Waals surface area contributed by atoms with Crippen molar-refractivity contribution < 1.29 is 14.9 Å². The Balaban J connectivity index is 1.95. The molecular formula is C21H32O3. The third-order valence-electron chi connectivity index (χ3n) is 6.15. The van der Waals surface area contributed by atoms with Gasteiger partial charge in [-0.15, -0.1) is 0 Å². The lowest BCUT2D eigenvalue weighted by Crippen LogP contribution is -2.49. The Morgan fingerprint density at radius 1 is 1.21 bits per heavy atom. The summed E-state index contributed by atoms with van der Waals surface area (Å²) in [4.78, 5) is 0. The molecule has 1 aliphatic carbocycles. The third kappa shape index (κ3) is 3.15. The molecule has 2 N–H and O–H groups in total. The molecule has 0 amide bonds. The van der Waals surface area contributed by atoms with Gasteiger partial charge in [-0.25, -0.2) is 0 Å². The Kier molecular flexibility index (Phi) is 4.83. The molecule has 0 bridgehead atoms. The lowest BCUT2D eigenvalue weighted by atomic mass is 9.63. The summed E-state index contributed by atoms with van der Waals surface area (Å²) in [5, 5.41) is 21.0. The van der Waals surface area contributed by atoms with Crippen LogP contribution in [0.1, 0.15) is 76.8 Å². The van der Waals surface area contributed by atoms with Gasteiger partial charge in [0.05, 0.1) is 6.10 Å². The lowest BCUT2D eigenvalue weighted by Gasteiger charge is -2.50. The zero-order valence-corrected chi connectivity index (χ0v) is 15.5. The van der Waals surface area contributed by atoms with E-state index in [-0.39, 0.29) is 29.5 Å². The van der Waals surface area contributed by atoms with E-state index >= 15 is 0 Å². The number of aryl methyl sites for hydroxylation is 1. The van der Waals surface area contributed by atoms with Crippen molar-refractivity contribution in [2.75, 3.05) is 0 Å². The number of ether oxygens (including phenoxy) is 1. The number of benzene rings is 1. The van der Waals surface area contributed by atoms with Gasteiger partial charge in [0.25, 0.3) is 0 Å². The number of rotatable bonds is 4. The van der Waals surface area contributed by atoms with Crippen LogP contribution in [0.15, 0.2) is 12.1 Å². The SMILES string of the molecule is CCCCCc1cc(O)c2c(c1)OC(C)(C)[C@@H]1C[C@H](O)C(C)CC21. The summed E-state index contributed by atoms with van der Waals surface area (Å²) >= 11 is 0. The van der Waals surface area contributed by atoms with Crippen LogP contribution in [0.3, 0.4) is 0 Å². The van der Waals surface area contributed by atoms with Crippen LogP contribution in [-0.2, 0) is 6.42 Å². The largest absolute Gasteiger partial charge is 0.508 e. The van der Waals surface area contributed by atoms with Gasteiger partial charge in [-0.3, -0.25) is 0 Å². The normalized spacial score (nSPS) is 31.0. The number of fused-ring (bicyclic) bond motifs is 3. The number of phenols is 1. The Morgan fingerprint density at radius 3 is 2.67 bits per heavy atom. The molecule has 1 saturated carbocycles. The number of hydrogen-bond donors (Lipinski definition) is 2. The van der Waals surface area contributed by atoms with Crippen molar-refractivity contribution in [2.24, 2.45) is 11.8 Å². The van der Waals surface area contributed by atoms with Crippen LogP contribution in [0.5, 0.6) is 11.5 Å². The summed E-state index contributed by atoms with van der Waals surface area (Å²) in [6.07, 6.45) is 5.93. The highest BCUT2D eigenvalue weighted by Crippen LogP contribution is 2.55. The molecule has 3 heteroatoms. The van der Waals surface area contributed by atoms with Gasteiger partial charge in [-0.2, -0.15) is 0 Å². The van der Waals surface area contributed by atoms with E-state index < -0.39 is 0 Å². The van der Waals surface area contributed by atoms with Crippen molar-refractivity contribution in [3.8, 4) is 11.5 Å². The maximum absolute atomic E-state index is 10.7. The first kappa shape index (κ1) is 17.6. The summed E-state index contributed by atoms with van der Waals surface area (Å²) in [6.45, 7) is 8.56. The molecule has 4 atom stereocenters. The molecule has 1 aromatic rings. The van der Waals surface area contributed by atoms with E-state index in [0.717, 1.165) is 42.6 Å². The van der Waals surface area contributed by atoms with E-state index in [1.165, 1.54) is 12.8 Å². The molecule has 1 heterocycles. The number of aliphatic hydroxyl groups is 1. The van der Waals surface area contributed by atoms with Gasteiger partial charge in [-0.05, 0) is 69.1 Å². The lowest BCUT2D eigenvalue weighted by molar-refractivity contribution is -0.0566.